The van der Waals surface area contributed by atoms with Gasteiger partial charge in [-0.2, -0.15) is 5.10 Å². The van der Waals surface area contributed by atoms with Crippen molar-refractivity contribution in [3.05, 3.63) is 60.2 Å². The molecular weight excluding hydrogens is 228 g/mol. The second kappa shape index (κ2) is 5.67. The second-order valence-electron chi connectivity index (χ2n) is 3.59. The molecule has 2 aromatic heterocycles. The van der Waals surface area contributed by atoms with Crippen LogP contribution in [0, 0.1) is 0 Å². The number of amides is 1. The molecule has 1 amide bonds. The Kier molecular flexibility index (Phi) is 3.76. The van der Waals surface area contributed by atoms with Gasteiger partial charge in [-0.1, -0.05) is 6.07 Å². The first-order valence-electron chi connectivity index (χ1n) is 5.43. The van der Waals surface area contributed by atoms with Crippen molar-refractivity contribution in [2.24, 2.45) is 5.10 Å². The van der Waals surface area contributed by atoms with E-state index in [1.54, 1.807) is 37.6 Å². The lowest BCUT2D eigenvalue weighted by Crippen LogP contribution is -2.19. The van der Waals surface area contributed by atoms with E-state index in [4.69, 9.17) is 0 Å². The summed E-state index contributed by atoms with van der Waals surface area (Å²) in [5.41, 5.74) is 4.37. The largest absolute Gasteiger partial charge is 0.271 e. The van der Waals surface area contributed by atoms with Crippen molar-refractivity contribution in [1.82, 2.24) is 15.4 Å². The molecule has 5 heteroatoms. The van der Waals surface area contributed by atoms with Crippen LogP contribution in [0.3, 0.4) is 0 Å². The third-order valence-electron chi connectivity index (χ3n) is 2.30. The number of aromatic nitrogens is 2. The number of rotatable bonds is 3. The summed E-state index contributed by atoms with van der Waals surface area (Å²) in [6, 6.07) is 8.78. The zero-order chi connectivity index (χ0) is 12.8. The van der Waals surface area contributed by atoms with Gasteiger partial charge in [0.15, 0.2) is 0 Å². The average molecular weight is 240 g/mol. The van der Waals surface area contributed by atoms with E-state index in [0.29, 0.717) is 11.3 Å². The van der Waals surface area contributed by atoms with E-state index in [2.05, 4.69) is 20.5 Å². The maximum atomic E-state index is 11.7. The van der Waals surface area contributed by atoms with Gasteiger partial charge in [-0.25, -0.2) is 5.43 Å². The Labute approximate surface area is 105 Å². The molecule has 0 unspecified atom stereocenters. The lowest BCUT2D eigenvalue weighted by atomic mass is 10.2. The maximum absolute atomic E-state index is 11.7. The van der Waals surface area contributed by atoms with E-state index < -0.39 is 0 Å². The Hall–Kier alpha value is -2.56. The summed E-state index contributed by atoms with van der Waals surface area (Å²) < 4.78 is 0. The molecule has 0 aromatic carbocycles. The van der Waals surface area contributed by atoms with Gasteiger partial charge in [0.1, 0.15) is 0 Å². The highest BCUT2D eigenvalue weighted by Crippen LogP contribution is 1.98. The van der Waals surface area contributed by atoms with Crippen LogP contribution >= 0.6 is 0 Å². The summed E-state index contributed by atoms with van der Waals surface area (Å²) in [6.45, 7) is 1.79. The minimum atomic E-state index is -0.271. The molecule has 0 fully saturated rings. The van der Waals surface area contributed by atoms with Crippen LogP contribution in [0.5, 0.6) is 0 Å². The van der Waals surface area contributed by atoms with E-state index in [1.165, 1.54) is 0 Å². The van der Waals surface area contributed by atoms with Crippen molar-refractivity contribution in [2.45, 2.75) is 6.92 Å². The minimum absolute atomic E-state index is 0.271. The summed E-state index contributed by atoms with van der Waals surface area (Å²) in [5.74, 6) is -0.271. The van der Waals surface area contributed by atoms with Crippen molar-refractivity contribution in [1.29, 1.82) is 0 Å². The monoisotopic (exact) mass is 240 g/mol. The van der Waals surface area contributed by atoms with Crippen LogP contribution in [-0.4, -0.2) is 21.6 Å². The standard InChI is InChI=1S/C13H12N4O/c1-10(12-4-2-3-7-15-12)16-17-13(18)11-5-8-14-9-6-11/h2-9H,1H3,(H,17,18)/b16-10-. The van der Waals surface area contributed by atoms with Crippen LogP contribution in [0.15, 0.2) is 54.0 Å². The summed E-state index contributed by atoms with van der Waals surface area (Å²) in [5, 5.41) is 4.00. The SMILES string of the molecule is C/C(=N/NC(=O)c1ccncc1)c1ccccn1. The predicted molar refractivity (Wildman–Crippen MR) is 68.2 cm³/mol. The first kappa shape index (κ1) is 11.9. The molecule has 0 aliphatic heterocycles. The lowest BCUT2D eigenvalue weighted by molar-refractivity contribution is 0.0954. The van der Waals surface area contributed by atoms with Gasteiger partial charge in [0, 0.05) is 24.2 Å². The number of carbonyl (C=O) groups is 1. The molecule has 90 valence electrons. The van der Waals surface area contributed by atoms with Gasteiger partial charge in [-0.05, 0) is 31.2 Å². The molecule has 0 bridgehead atoms. The molecule has 2 rings (SSSR count). The van der Waals surface area contributed by atoms with Crippen LogP contribution in [0.1, 0.15) is 23.0 Å². The highest BCUT2D eigenvalue weighted by atomic mass is 16.2. The molecule has 0 atom stereocenters. The van der Waals surface area contributed by atoms with Crippen LogP contribution in [0.4, 0.5) is 0 Å². The van der Waals surface area contributed by atoms with Crippen LogP contribution < -0.4 is 5.43 Å². The molecule has 2 heterocycles. The van der Waals surface area contributed by atoms with E-state index in [9.17, 15) is 4.79 Å². The lowest BCUT2D eigenvalue weighted by Gasteiger charge is -2.01. The normalized spacial score (nSPS) is 11.1. The Morgan fingerprint density at radius 2 is 1.94 bits per heavy atom. The summed E-state index contributed by atoms with van der Waals surface area (Å²) in [7, 11) is 0. The number of hydrazone groups is 1. The van der Waals surface area contributed by atoms with E-state index in [0.717, 1.165) is 5.69 Å². The summed E-state index contributed by atoms with van der Waals surface area (Å²) >= 11 is 0. The number of carbonyl (C=O) groups excluding carboxylic acids is 1. The fraction of sp³-hybridized carbons (Fsp3) is 0.0769. The molecular formula is C13H12N4O. The van der Waals surface area contributed by atoms with Crippen molar-refractivity contribution in [3.63, 3.8) is 0 Å². The number of pyridine rings is 2. The minimum Gasteiger partial charge on any atom is -0.267 e. The second-order valence-corrected chi connectivity index (χ2v) is 3.59. The third kappa shape index (κ3) is 2.98. The molecule has 0 saturated carbocycles. The maximum Gasteiger partial charge on any atom is 0.271 e. The first-order valence-corrected chi connectivity index (χ1v) is 5.43. The Morgan fingerprint density at radius 3 is 2.61 bits per heavy atom. The van der Waals surface area contributed by atoms with E-state index in [-0.39, 0.29) is 5.91 Å². The zero-order valence-electron chi connectivity index (χ0n) is 9.87. The van der Waals surface area contributed by atoms with Gasteiger partial charge in [0.25, 0.3) is 5.91 Å². The molecule has 0 aliphatic carbocycles. The first-order chi connectivity index (χ1) is 8.77. The molecule has 0 saturated heterocycles. The summed E-state index contributed by atoms with van der Waals surface area (Å²) in [6.07, 6.45) is 4.80. The fourth-order valence-electron chi connectivity index (χ4n) is 1.34. The van der Waals surface area contributed by atoms with Crippen LogP contribution in [0.25, 0.3) is 0 Å². The van der Waals surface area contributed by atoms with Gasteiger partial charge in [0.05, 0.1) is 11.4 Å². The Morgan fingerprint density at radius 1 is 1.17 bits per heavy atom. The van der Waals surface area contributed by atoms with Gasteiger partial charge in [-0.3, -0.25) is 14.8 Å². The van der Waals surface area contributed by atoms with Crippen molar-refractivity contribution in [3.8, 4) is 0 Å². The topological polar surface area (TPSA) is 67.2 Å². The average Bonchev–Trinajstić information content (AvgIpc) is 2.46. The van der Waals surface area contributed by atoms with Crippen molar-refractivity contribution >= 4 is 11.6 Å². The highest BCUT2D eigenvalue weighted by molar-refractivity contribution is 5.99. The molecule has 0 spiro atoms. The van der Waals surface area contributed by atoms with Gasteiger partial charge < -0.3 is 0 Å². The van der Waals surface area contributed by atoms with E-state index in [1.807, 2.05) is 18.2 Å². The Bertz CT molecular complexity index is 552. The van der Waals surface area contributed by atoms with Gasteiger partial charge >= 0.3 is 0 Å². The van der Waals surface area contributed by atoms with Crippen LogP contribution in [-0.2, 0) is 0 Å². The van der Waals surface area contributed by atoms with Gasteiger partial charge in [0.2, 0.25) is 0 Å². The molecule has 0 radical (unpaired) electrons. The molecule has 2 aromatic rings. The summed E-state index contributed by atoms with van der Waals surface area (Å²) in [4.78, 5) is 19.7. The number of hydrogen-bond acceptors (Lipinski definition) is 4. The molecule has 0 aliphatic rings. The molecule has 1 N–H and O–H groups in total. The zero-order valence-corrected chi connectivity index (χ0v) is 9.87. The third-order valence-corrected chi connectivity index (χ3v) is 2.30. The number of nitrogens with zero attached hydrogens (tertiary/aromatic N) is 3. The van der Waals surface area contributed by atoms with Crippen LogP contribution in [0.2, 0.25) is 0 Å². The highest BCUT2D eigenvalue weighted by Gasteiger charge is 2.03. The fourth-order valence-corrected chi connectivity index (χ4v) is 1.34. The quantitative estimate of drug-likeness (QED) is 0.655. The smallest absolute Gasteiger partial charge is 0.267 e. The van der Waals surface area contributed by atoms with Crippen molar-refractivity contribution in [2.75, 3.05) is 0 Å². The number of nitrogens with one attached hydrogen (secondary N) is 1. The van der Waals surface area contributed by atoms with Crippen molar-refractivity contribution < 1.29 is 4.79 Å². The number of hydrogen-bond donors (Lipinski definition) is 1. The van der Waals surface area contributed by atoms with Gasteiger partial charge in [-0.15, -0.1) is 0 Å². The molecule has 18 heavy (non-hydrogen) atoms. The predicted octanol–water partition coefficient (Wildman–Crippen LogP) is 1.63. The molecule has 5 nitrogen and oxygen atoms in total. The Balaban J connectivity index is 2.05. The van der Waals surface area contributed by atoms with E-state index >= 15 is 0 Å².